The topological polar surface area (TPSA) is 95.3 Å². The van der Waals surface area contributed by atoms with Crippen molar-refractivity contribution in [3.63, 3.8) is 0 Å². The van der Waals surface area contributed by atoms with Crippen LogP contribution in [0.3, 0.4) is 0 Å². The zero-order chi connectivity index (χ0) is 14.7. The molecule has 19 heavy (non-hydrogen) atoms. The number of sulfone groups is 1. The third kappa shape index (κ3) is 4.54. The van der Waals surface area contributed by atoms with Gasteiger partial charge in [0.15, 0.2) is 0 Å². The molecular weight excluding hydrogens is 288 g/mol. The molecule has 0 amide bonds. The number of hydrogen-bond donors (Lipinski definition) is 0. The van der Waals surface area contributed by atoms with Crippen LogP contribution in [0.4, 0.5) is 5.69 Å². The van der Waals surface area contributed by atoms with E-state index in [1.807, 2.05) is 6.07 Å². The first-order valence-corrected chi connectivity index (χ1v) is 8.97. The van der Waals surface area contributed by atoms with E-state index < -0.39 is 31.4 Å². The largest absolute Gasteiger partial charge is 0.273 e. The van der Waals surface area contributed by atoms with Gasteiger partial charge in [-0.3, -0.25) is 4.31 Å². The average Bonchev–Trinajstić information content (AvgIpc) is 2.35. The van der Waals surface area contributed by atoms with E-state index in [2.05, 4.69) is 0 Å². The molecular formula is C11H14N2O4S2. The second-order valence-electron chi connectivity index (χ2n) is 4.07. The summed E-state index contributed by atoms with van der Waals surface area (Å²) in [6.07, 6.45) is 0.990. The minimum atomic E-state index is -3.69. The monoisotopic (exact) mass is 302 g/mol. The van der Waals surface area contributed by atoms with Crippen LogP contribution in [0.5, 0.6) is 0 Å². The molecule has 104 valence electrons. The number of hydrogen-bond acceptors (Lipinski definition) is 5. The molecule has 0 aliphatic rings. The Morgan fingerprint density at radius 2 is 1.63 bits per heavy atom. The summed E-state index contributed by atoms with van der Waals surface area (Å²) in [5.74, 6) is -0.891. The lowest BCUT2D eigenvalue weighted by Gasteiger charge is -2.19. The molecule has 8 heteroatoms. The highest BCUT2D eigenvalue weighted by Crippen LogP contribution is 2.17. The summed E-state index contributed by atoms with van der Waals surface area (Å²) in [6, 6.07) is 7.92. The van der Waals surface area contributed by atoms with Crippen LogP contribution in [0.1, 0.15) is 5.56 Å². The van der Waals surface area contributed by atoms with E-state index >= 15 is 0 Å². The lowest BCUT2D eigenvalue weighted by atomic mass is 10.2. The van der Waals surface area contributed by atoms with Crippen molar-refractivity contribution in [2.45, 2.75) is 0 Å². The van der Waals surface area contributed by atoms with Gasteiger partial charge in [0, 0.05) is 13.3 Å². The summed E-state index contributed by atoms with van der Waals surface area (Å²) in [6.45, 7) is 0. The maximum atomic E-state index is 11.9. The molecule has 1 aromatic carbocycles. The Hall–Kier alpha value is -1.59. The summed E-state index contributed by atoms with van der Waals surface area (Å²) in [4.78, 5) is 0. The highest BCUT2D eigenvalue weighted by molar-refractivity contribution is 7.95. The van der Waals surface area contributed by atoms with Crippen molar-refractivity contribution in [2.24, 2.45) is 0 Å². The third-order valence-electron chi connectivity index (χ3n) is 2.49. The van der Waals surface area contributed by atoms with Gasteiger partial charge in [0.1, 0.15) is 9.84 Å². The van der Waals surface area contributed by atoms with Crippen LogP contribution in [0.25, 0.3) is 0 Å². The molecule has 0 bridgehead atoms. The van der Waals surface area contributed by atoms with Gasteiger partial charge < -0.3 is 0 Å². The van der Waals surface area contributed by atoms with Gasteiger partial charge in [0.25, 0.3) is 0 Å². The molecule has 0 spiro atoms. The second-order valence-corrected chi connectivity index (χ2v) is 8.45. The van der Waals surface area contributed by atoms with Gasteiger partial charge >= 0.3 is 0 Å². The summed E-state index contributed by atoms with van der Waals surface area (Å²) in [5, 5.41) is 8.65. The average molecular weight is 302 g/mol. The van der Waals surface area contributed by atoms with Crippen molar-refractivity contribution in [1.29, 1.82) is 5.26 Å². The number of anilines is 1. The predicted octanol–water partition coefficient (Wildman–Crippen LogP) is 0.369. The molecule has 0 atom stereocenters. The summed E-state index contributed by atoms with van der Waals surface area (Å²) >= 11 is 0. The lowest BCUT2D eigenvalue weighted by Crippen LogP contribution is -2.31. The third-order valence-corrected chi connectivity index (χ3v) is 5.46. The Labute approximate surface area is 113 Å². The molecule has 0 heterocycles. The van der Waals surface area contributed by atoms with E-state index in [9.17, 15) is 16.8 Å². The minimum absolute atomic E-state index is 0.382. The van der Waals surface area contributed by atoms with Gasteiger partial charge in [-0.1, -0.05) is 0 Å². The van der Waals surface area contributed by atoms with Crippen LogP contribution in [0, 0.1) is 11.3 Å². The SMILES string of the molecule is CN(c1ccc(C#N)cc1)S(=O)(=O)CCS(C)(=O)=O. The lowest BCUT2D eigenvalue weighted by molar-refractivity contribution is 0.589. The molecule has 0 aromatic heterocycles. The molecule has 1 rings (SSSR count). The molecule has 0 aliphatic carbocycles. The van der Waals surface area contributed by atoms with Crippen molar-refractivity contribution in [3.8, 4) is 6.07 Å². The number of nitrogens with zero attached hydrogens (tertiary/aromatic N) is 2. The summed E-state index contributed by atoms with van der Waals surface area (Å²) in [5.41, 5.74) is 0.804. The molecule has 0 N–H and O–H groups in total. The standard InChI is InChI=1S/C11H14N2O4S2/c1-13(11-5-3-10(9-12)4-6-11)19(16,17)8-7-18(2,14)15/h3-6H,7-8H2,1-2H3. The maximum Gasteiger partial charge on any atom is 0.235 e. The smallest absolute Gasteiger partial charge is 0.235 e. The molecule has 1 aromatic rings. The van der Waals surface area contributed by atoms with Crippen LogP contribution >= 0.6 is 0 Å². The number of nitriles is 1. The van der Waals surface area contributed by atoms with Crippen molar-refractivity contribution in [1.82, 2.24) is 0 Å². The van der Waals surface area contributed by atoms with Crippen LogP contribution in [0.15, 0.2) is 24.3 Å². The van der Waals surface area contributed by atoms with E-state index in [0.717, 1.165) is 10.6 Å². The van der Waals surface area contributed by atoms with E-state index in [1.165, 1.54) is 31.3 Å². The molecule has 0 saturated heterocycles. The predicted molar refractivity (Wildman–Crippen MR) is 73.1 cm³/mol. The molecule has 6 nitrogen and oxygen atoms in total. The van der Waals surface area contributed by atoms with Gasteiger partial charge in [-0.25, -0.2) is 16.8 Å². The molecule has 0 unspecified atom stereocenters. The van der Waals surface area contributed by atoms with Crippen LogP contribution in [-0.4, -0.2) is 41.6 Å². The normalized spacial score (nSPS) is 11.8. The van der Waals surface area contributed by atoms with Crippen LogP contribution in [-0.2, 0) is 19.9 Å². The maximum absolute atomic E-state index is 11.9. The first-order chi connectivity index (χ1) is 8.65. The van der Waals surface area contributed by atoms with Gasteiger partial charge in [-0.05, 0) is 24.3 Å². The van der Waals surface area contributed by atoms with E-state index in [4.69, 9.17) is 5.26 Å². The van der Waals surface area contributed by atoms with Crippen LogP contribution < -0.4 is 4.31 Å². The Morgan fingerprint density at radius 3 is 2.05 bits per heavy atom. The Bertz CT molecular complexity index is 685. The fourth-order valence-corrected chi connectivity index (χ4v) is 4.07. The van der Waals surface area contributed by atoms with Gasteiger partial charge in [0.2, 0.25) is 10.0 Å². The molecule has 0 radical (unpaired) electrons. The fourth-order valence-electron chi connectivity index (χ4n) is 1.30. The van der Waals surface area contributed by atoms with E-state index in [1.54, 1.807) is 0 Å². The zero-order valence-corrected chi connectivity index (χ0v) is 12.2. The highest BCUT2D eigenvalue weighted by Gasteiger charge is 2.20. The van der Waals surface area contributed by atoms with Crippen molar-refractivity contribution in [3.05, 3.63) is 29.8 Å². The van der Waals surface area contributed by atoms with Crippen molar-refractivity contribution >= 4 is 25.5 Å². The molecule has 0 saturated carbocycles. The molecule has 0 fully saturated rings. The first-order valence-electron chi connectivity index (χ1n) is 5.30. The summed E-state index contributed by atoms with van der Waals surface area (Å²) < 4.78 is 46.9. The van der Waals surface area contributed by atoms with E-state index in [-0.39, 0.29) is 0 Å². The Balaban J connectivity index is 2.92. The Morgan fingerprint density at radius 1 is 1.11 bits per heavy atom. The number of benzene rings is 1. The van der Waals surface area contributed by atoms with E-state index in [0.29, 0.717) is 11.3 Å². The van der Waals surface area contributed by atoms with Crippen molar-refractivity contribution < 1.29 is 16.8 Å². The van der Waals surface area contributed by atoms with Gasteiger partial charge in [0.05, 0.1) is 28.8 Å². The number of rotatable bonds is 5. The zero-order valence-electron chi connectivity index (χ0n) is 10.6. The second kappa shape index (κ2) is 5.59. The Kier molecular flexibility index (Phi) is 4.55. The van der Waals surface area contributed by atoms with Crippen molar-refractivity contribution in [2.75, 3.05) is 29.1 Å². The summed E-state index contributed by atoms with van der Waals surface area (Å²) in [7, 11) is -5.68. The fraction of sp³-hybridized carbons (Fsp3) is 0.364. The van der Waals surface area contributed by atoms with Gasteiger partial charge in [-0.2, -0.15) is 5.26 Å². The first kappa shape index (κ1) is 15.5. The highest BCUT2D eigenvalue weighted by atomic mass is 32.2. The number of sulfonamides is 1. The molecule has 0 aliphatic heterocycles. The quantitative estimate of drug-likeness (QED) is 0.783. The van der Waals surface area contributed by atoms with Crippen LogP contribution in [0.2, 0.25) is 0 Å². The van der Waals surface area contributed by atoms with Gasteiger partial charge in [-0.15, -0.1) is 0 Å². The minimum Gasteiger partial charge on any atom is -0.273 e.